The highest BCUT2D eigenvalue weighted by Gasteiger charge is 2.10. The Bertz CT molecular complexity index is 898. The Morgan fingerprint density at radius 1 is 1.31 bits per heavy atom. The fourth-order valence-electron chi connectivity index (χ4n) is 2.07. The van der Waals surface area contributed by atoms with E-state index in [0.717, 1.165) is 0 Å². The van der Waals surface area contributed by atoms with Crippen LogP contribution in [0.5, 0.6) is 11.5 Å². The van der Waals surface area contributed by atoms with Gasteiger partial charge >= 0.3 is 0 Å². The smallest absolute Gasteiger partial charge is 0.269 e. The minimum absolute atomic E-state index is 0.0149. The summed E-state index contributed by atoms with van der Waals surface area (Å²) in [6.45, 7) is 0.129. The molecule has 0 aliphatic rings. The molecule has 0 bridgehead atoms. The topological polar surface area (TPSA) is 128 Å². The normalized spacial score (nSPS) is 10.7. The Balaban J connectivity index is 2.28. The van der Waals surface area contributed by atoms with E-state index in [1.807, 2.05) is 0 Å². The molecule has 8 heteroatoms. The molecule has 0 aliphatic heterocycles. The molecule has 2 aromatic carbocycles. The van der Waals surface area contributed by atoms with Gasteiger partial charge in [-0.25, -0.2) is 0 Å². The molecule has 0 heterocycles. The van der Waals surface area contributed by atoms with Gasteiger partial charge in [0.25, 0.3) is 11.6 Å². The summed E-state index contributed by atoms with van der Waals surface area (Å²) in [5.41, 5.74) is 6.11. The minimum Gasteiger partial charge on any atom is -0.497 e. The summed E-state index contributed by atoms with van der Waals surface area (Å²) in [5.74, 6) is 0.0553. The molecular formula is C18H15N3O5. The maximum absolute atomic E-state index is 11.2. The number of nitriles is 1. The zero-order valence-electron chi connectivity index (χ0n) is 13.8. The van der Waals surface area contributed by atoms with Crippen LogP contribution in [0.4, 0.5) is 5.69 Å². The molecule has 0 saturated carbocycles. The van der Waals surface area contributed by atoms with Crippen molar-refractivity contribution in [3.63, 3.8) is 0 Å². The summed E-state index contributed by atoms with van der Waals surface area (Å²) in [6, 6.07) is 12.5. The second-order valence-electron chi connectivity index (χ2n) is 5.15. The number of carbonyl (C=O) groups excluding carboxylic acids is 1. The lowest BCUT2D eigenvalue weighted by Gasteiger charge is -2.11. The first-order valence-electron chi connectivity index (χ1n) is 7.40. The summed E-state index contributed by atoms with van der Waals surface area (Å²) < 4.78 is 10.9. The van der Waals surface area contributed by atoms with E-state index >= 15 is 0 Å². The van der Waals surface area contributed by atoms with E-state index in [1.165, 1.54) is 25.3 Å². The van der Waals surface area contributed by atoms with E-state index in [2.05, 4.69) is 0 Å². The predicted octanol–water partition coefficient (Wildman–Crippen LogP) is 2.57. The van der Waals surface area contributed by atoms with E-state index in [4.69, 9.17) is 20.5 Å². The van der Waals surface area contributed by atoms with Crippen molar-refractivity contribution in [2.45, 2.75) is 6.61 Å². The lowest BCUT2D eigenvalue weighted by Crippen LogP contribution is -2.12. The van der Waals surface area contributed by atoms with Crippen molar-refractivity contribution in [2.24, 2.45) is 5.73 Å². The molecule has 0 radical (unpaired) electrons. The fourth-order valence-corrected chi connectivity index (χ4v) is 2.07. The fraction of sp³-hybridized carbons (Fsp3) is 0.111. The molecule has 8 nitrogen and oxygen atoms in total. The van der Waals surface area contributed by atoms with Crippen LogP contribution in [-0.2, 0) is 11.4 Å². The zero-order chi connectivity index (χ0) is 19.1. The van der Waals surface area contributed by atoms with Crippen LogP contribution in [0.1, 0.15) is 11.1 Å². The second kappa shape index (κ2) is 8.30. The van der Waals surface area contributed by atoms with Gasteiger partial charge in [0, 0.05) is 23.8 Å². The summed E-state index contributed by atoms with van der Waals surface area (Å²) in [5, 5.41) is 19.7. The van der Waals surface area contributed by atoms with Crippen molar-refractivity contribution in [2.75, 3.05) is 7.11 Å². The standard InChI is InChI=1S/C18H15N3O5/c1-25-16-7-4-13(8-14(10-19)18(20)22)17(9-16)26-11-12-2-5-15(6-3-12)21(23)24/h2-9H,11H2,1H3,(H2,20,22)/b14-8+. The summed E-state index contributed by atoms with van der Waals surface area (Å²) in [7, 11) is 1.50. The molecule has 2 rings (SSSR count). The predicted molar refractivity (Wildman–Crippen MR) is 93.2 cm³/mol. The first kappa shape index (κ1) is 18.5. The first-order chi connectivity index (χ1) is 12.4. The average molecular weight is 353 g/mol. The number of amides is 1. The van der Waals surface area contributed by atoms with Crippen molar-refractivity contribution in [3.8, 4) is 17.6 Å². The van der Waals surface area contributed by atoms with Crippen LogP contribution in [-0.4, -0.2) is 17.9 Å². The third kappa shape index (κ3) is 4.58. The van der Waals surface area contributed by atoms with Crippen molar-refractivity contribution >= 4 is 17.7 Å². The number of nitrogens with zero attached hydrogens (tertiary/aromatic N) is 2. The lowest BCUT2D eigenvalue weighted by molar-refractivity contribution is -0.384. The molecule has 0 fully saturated rings. The van der Waals surface area contributed by atoms with E-state index in [-0.39, 0.29) is 17.9 Å². The monoisotopic (exact) mass is 353 g/mol. The first-order valence-corrected chi connectivity index (χ1v) is 7.40. The van der Waals surface area contributed by atoms with Gasteiger partial charge in [-0.15, -0.1) is 0 Å². The van der Waals surface area contributed by atoms with Crippen LogP contribution in [0, 0.1) is 21.4 Å². The van der Waals surface area contributed by atoms with Gasteiger partial charge < -0.3 is 15.2 Å². The highest BCUT2D eigenvalue weighted by Crippen LogP contribution is 2.28. The number of rotatable bonds is 7. The maximum atomic E-state index is 11.2. The number of primary amides is 1. The van der Waals surface area contributed by atoms with Crippen LogP contribution in [0.2, 0.25) is 0 Å². The molecule has 0 aromatic heterocycles. The van der Waals surface area contributed by atoms with Crippen molar-refractivity contribution in [3.05, 3.63) is 69.3 Å². The number of nitro groups is 1. The summed E-state index contributed by atoms with van der Waals surface area (Å²) in [4.78, 5) is 21.4. The molecule has 0 atom stereocenters. The molecule has 0 saturated heterocycles. The molecule has 0 spiro atoms. The Morgan fingerprint density at radius 2 is 2.00 bits per heavy atom. The number of non-ortho nitro benzene ring substituents is 1. The van der Waals surface area contributed by atoms with Crippen molar-refractivity contribution in [1.82, 2.24) is 0 Å². The Labute approximate surface area is 149 Å². The lowest BCUT2D eigenvalue weighted by atomic mass is 10.1. The van der Waals surface area contributed by atoms with Crippen LogP contribution in [0.3, 0.4) is 0 Å². The largest absolute Gasteiger partial charge is 0.497 e. The highest BCUT2D eigenvalue weighted by atomic mass is 16.6. The second-order valence-corrected chi connectivity index (χ2v) is 5.15. The van der Waals surface area contributed by atoms with Gasteiger partial charge in [-0.05, 0) is 35.9 Å². The molecule has 1 amide bonds. The Kier molecular flexibility index (Phi) is 5.90. The number of carbonyl (C=O) groups is 1. The van der Waals surface area contributed by atoms with Gasteiger partial charge in [-0.1, -0.05) is 0 Å². The number of hydrogen-bond donors (Lipinski definition) is 1. The highest BCUT2D eigenvalue weighted by molar-refractivity contribution is 6.00. The zero-order valence-corrected chi connectivity index (χ0v) is 13.8. The van der Waals surface area contributed by atoms with E-state index in [9.17, 15) is 14.9 Å². The molecule has 26 heavy (non-hydrogen) atoms. The molecule has 0 aliphatic carbocycles. The van der Waals surface area contributed by atoms with Gasteiger partial charge in [0.05, 0.1) is 12.0 Å². The Morgan fingerprint density at radius 3 is 2.54 bits per heavy atom. The molecule has 132 valence electrons. The number of hydrogen-bond acceptors (Lipinski definition) is 6. The molecule has 0 unspecified atom stereocenters. The van der Waals surface area contributed by atoms with Crippen molar-refractivity contribution in [1.29, 1.82) is 5.26 Å². The summed E-state index contributed by atoms with van der Waals surface area (Å²) in [6.07, 6.45) is 1.33. The summed E-state index contributed by atoms with van der Waals surface area (Å²) >= 11 is 0. The van der Waals surface area contributed by atoms with Gasteiger partial charge in [0.15, 0.2) is 0 Å². The van der Waals surface area contributed by atoms with Gasteiger partial charge in [-0.3, -0.25) is 14.9 Å². The SMILES string of the molecule is COc1ccc(/C=C(\C#N)C(N)=O)c(OCc2ccc([N+](=O)[O-])cc2)c1. The van der Waals surface area contributed by atoms with Gasteiger partial charge in [0.2, 0.25) is 0 Å². The van der Waals surface area contributed by atoms with Crippen LogP contribution in [0.25, 0.3) is 6.08 Å². The van der Waals surface area contributed by atoms with E-state index < -0.39 is 10.8 Å². The van der Waals surface area contributed by atoms with E-state index in [1.54, 1.807) is 36.4 Å². The molecule has 2 aromatic rings. The number of ether oxygens (including phenoxy) is 2. The van der Waals surface area contributed by atoms with E-state index in [0.29, 0.717) is 22.6 Å². The average Bonchev–Trinajstić information content (AvgIpc) is 2.64. The maximum Gasteiger partial charge on any atom is 0.269 e. The van der Waals surface area contributed by atoms with Gasteiger partial charge in [0.1, 0.15) is 29.7 Å². The van der Waals surface area contributed by atoms with Gasteiger partial charge in [-0.2, -0.15) is 5.26 Å². The quantitative estimate of drug-likeness (QED) is 0.352. The van der Waals surface area contributed by atoms with Crippen LogP contribution >= 0.6 is 0 Å². The number of benzene rings is 2. The van der Waals surface area contributed by atoms with Crippen LogP contribution < -0.4 is 15.2 Å². The van der Waals surface area contributed by atoms with Crippen molar-refractivity contribution < 1.29 is 19.2 Å². The minimum atomic E-state index is -0.843. The molecule has 2 N–H and O–H groups in total. The third-order valence-corrected chi connectivity index (χ3v) is 3.45. The third-order valence-electron chi connectivity index (χ3n) is 3.45. The number of nitrogens with two attached hydrogens (primary N) is 1. The number of nitro benzene ring substituents is 1. The van der Waals surface area contributed by atoms with Crippen LogP contribution in [0.15, 0.2) is 48.0 Å². The number of methoxy groups -OCH3 is 1. The Hall–Kier alpha value is -3.86. The molecular weight excluding hydrogens is 338 g/mol.